The molecule has 0 spiro atoms. The van der Waals surface area contributed by atoms with Gasteiger partial charge in [0, 0.05) is 18.3 Å². The molecule has 138 valence electrons. The van der Waals surface area contributed by atoms with Gasteiger partial charge in [-0.05, 0) is 24.3 Å². The Balaban J connectivity index is 1.81. The highest BCUT2D eigenvalue weighted by molar-refractivity contribution is 6.05. The Bertz CT molecular complexity index is 944. The summed E-state index contributed by atoms with van der Waals surface area (Å²) in [5, 5.41) is 12.7. The largest absolute Gasteiger partial charge is 0.503 e. The summed E-state index contributed by atoms with van der Waals surface area (Å²) < 4.78 is 16.1. The highest BCUT2D eigenvalue weighted by Gasteiger charge is 2.18. The van der Waals surface area contributed by atoms with E-state index in [4.69, 9.17) is 14.2 Å². The number of carbonyl (C=O) groups excluding carboxylic acids is 1. The van der Waals surface area contributed by atoms with Gasteiger partial charge in [-0.1, -0.05) is 18.2 Å². The fraction of sp³-hybridized carbons (Fsp3) is 0.100. The van der Waals surface area contributed by atoms with Gasteiger partial charge in [-0.25, -0.2) is 4.98 Å². The van der Waals surface area contributed by atoms with Crippen LogP contribution in [0.25, 0.3) is 0 Å². The van der Waals surface area contributed by atoms with Gasteiger partial charge >= 0.3 is 0 Å². The van der Waals surface area contributed by atoms with Gasteiger partial charge in [0.2, 0.25) is 0 Å². The van der Waals surface area contributed by atoms with E-state index in [2.05, 4.69) is 10.3 Å². The third-order valence-corrected chi connectivity index (χ3v) is 3.72. The van der Waals surface area contributed by atoms with Crippen molar-refractivity contribution in [2.45, 2.75) is 0 Å². The van der Waals surface area contributed by atoms with Crippen molar-refractivity contribution in [1.82, 2.24) is 4.98 Å². The first-order valence-corrected chi connectivity index (χ1v) is 8.06. The molecule has 7 heteroatoms. The number of carbonyl (C=O) groups is 1. The highest BCUT2D eigenvalue weighted by atomic mass is 16.5. The van der Waals surface area contributed by atoms with Gasteiger partial charge in [0.15, 0.2) is 17.2 Å². The van der Waals surface area contributed by atoms with Crippen LogP contribution in [0.4, 0.5) is 5.69 Å². The number of pyridine rings is 1. The Morgan fingerprint density at radius 1 is 0.963 bits per heavy atom. The molecular weight excluding hydrogens is 348 g/mol. The van der Waals surface area contributed by atoms with E-state index in [0.717, 1.165) is 0 Å². The number of nitrogens with one attached hydrogen (secondary N) is 1. The number of methoxy groups -OCH3 is 2. The van der Waals surface area contributed by atoms with E-state index in [9.17, 15) is 9.90 Å². The first-order chi connectivity index (χ1) is 13.1. The van der Waals surface area contributed by atoms with Gasteiger partial charge in [0.1, 0.15) is 17.2 Å². The molecule has 2 N–H and O–H groups in total. The molecule has 0 saturated heterocycles. The second-order valence-corrected chi connectivity index (χ2v) is 5.44. The van der Waals surface area contributed by atoms with Crippen molar-refractivity contribution in [3.63, 3.8) is 0 Å². The van der Waals surface area contributed by atoms with Crippen LogP contribution in [0.3, 0.4) is 0 Å². The molecule has 7 nitrogen and oxygen atoms in total. The van der Waals surface area contributed by atoms with Crippen molar-refractivity contribution in [1.29, 1.82) is 0 Å². The lowest BCUT2D eigenvalue weighted by Gasteiger charge is -2.13. The number of benzene rings is 2. The summed E-state index contributed by atoms with van der Waals surface area (Å²) in [5.41, 5.74) is 0.257. The summed E-state index contributed by atoms with van der Waals surface area (Å²) in [6.07, 6.45) is 1.38. The summed E-state index contributed by atoms with van der Waals surface area (Å²) in [7, 11) is 2.88. The Kier molecular flexibility index (Phi) is 5.41. The predicted octanol–water partition coefficient (Wildman–Crippen LogP) is 3.85. The number of aromatic hydroxyl groups is 1. The predicted molar refractivity (Wildman–Crippen MR) is 99.9 cm³/mol. The van der Waals surface area contributed by atoms with Crippen molar-refractivity contribution in [3.05, 3.63) is 66.5 Å². The van der Waals surface area contributed by atoms with Crippen LogP contribution in [0.2, 0.25) is 0 Å². The quantitative estimate of drug-likeness (QED) is 0.689. The fourth-order valence-corrected chi connectivity index (χ4v) is 2.41. The minimum absolute atomic E-state index is 0.152. The van der Waals surface area contributed by atoms with E-state index in [0.29, 0.717) is 22.9 Å². The average Bonchev–Trinajstić information content (AvgIpc) is 2.70. The van der Waals surface area contributed by atoms with Gasteiger partial charge in [0.25, 0.3) is 5.91 Å². The zero-order chi connectivity index (χ0) is 19.2. The molecule has 0 aliphatic heterocycles. The van der Waals surface area contributed by atoms with Crippen molar-refractivity contribution >= 4 is 11.6 Å². The maximum atomic E-state index is 12.5. The summed E-state index contributed by atoms with van der Waals surface area (Å²) in [5.74, 6) is 0.870. The first kappa shape index (κ1) is 18.1. The van der Waals surface area contributed by atoms with Crippen LogP contribution in [0.1, 0.15) is 10.5 Å². The summed E-state index contributed by atoms with van der Waals surface area (Å²) in [4.78, 5) is 16.4. The maximum absolute atomic E-state index is 12.5. The number of hydrogen-bond donors (Lipinski definition) is 2. The van der Waals surface area contributed by atoms with Crippen LogP contribution >= 0.6 is 0 Å². The van der Waals surface area contributed by atoms with Crippen molar-refractivity contribution in [3.8, 4) is 28.7 Å². The molecule has 27 heavy (non-hydrogen) atoms. The second-order valence-electron chi connectivity index (χ2n) is 5.44. The molecule has 1 aromatic heterocycles. The Labute approximate surface area is 156 Å². The third kappa shape index (κ3) is 4.09. The van der Waals surface area contributed by atoms with Gasteiger partial charge in [-0.15, -0.1) is 0 Å². The summed E-state index contributed by atoms with van der Waals surface area (Å²) in [6.45, 7) is 0. The number of amides is 1. The van der Waals surface area contributed by atoms with E-state index < -0.39 is 5.91 Å². The molecule has 1 amide bonds. The molecule has 0 saturated carbocycles. The molecule has 0 bridgehead atoms. The maximum Gasteiger partial charge on any atom is 0.278 e. The first-order valence-electron chi connectivity index (χ1n) is 8.06. The second kappa shape index (κ2) is 8.09. The number of hydrogen-bond acceptors (Lipinski definition) is 6. The summed E-state index contributed by atoms with van der Waals surface area (Å²) in [6, 6.07) is 15.8. The molecule has 2 aromatic carbocycles. The van der Waals surface area contributed by atoms with Crippen LogP contribution < -0.4 is 19.5 Å². The molecule has 0 atom stereocenters. The van der Waals surface area contributed by atoms with Gasteiger partial charge < -0.3 is 24.6 Å². The van der Waals surface area contributed by atoms with Crippen molar-refractivity contribution in [2.75, 3.05) is 19.5 Å². The molecule has 0 aliphatic rings. The number of para-hydroxylation sites is 1. The normalized spacial score (nSPS) is 10.1. The number of nitrogens with zero attached hydrogens (tertiary/aromatic N) is 1. The Hall–Kier alpha value is -3.74. The minimum Gasteiger partial charge on any atom is -0.503 e. The molecule has 0 unspecified atom stereocenters. The lowest BCUT2D eigenvalue weighted by atomic mass is 10.2. The minimum atomic E-state index is -0.596. The van der Waals surface area contributed by atoms with E-state index in [1.165, 1.54) is 26.5 Å². The monoisotopic (exact) mass is 366 g/mol. The molecular formula is C20H18N2O5. The fourth-order valence-electron chi connectivity index (χ4n) is 2.41. The van der Waals surface area contributed by atoms with E-state index in [1.807, 2.05) is 30.3 Å². The average molecular weight is 366 g/mol. The lowest BCUT2D eigenvalue weighted by Crippen LogP contribution is -2.14. The topological polar surface area (TPSA) is 89.9 Å². The number of aromatic nitrogens is 1. The van der Waals surface area contributed by atoms with E-state index in [1.54, 1.807) is 18.2 Å². The van der Waals surface area contributed by atoms with Crippen LogP contribution in [0, 0.1) is 0 Å². The van der Waals surface area contributed by atoms with E-state index in [-0.39, 0.29) is 17.2 Å². The summed E-state index contributed by atoms with van der Waals surface area (Å²) >= 11 is 0. The van der Waals surface area contributed by atoms with Crippen molar-refractivity contribution in [2.24, 2.45) is 0 Å². The highest BCUT2D eigenvalue weighted by Crippen LogP contribution is 2.33. The molecule has 3 aromatic rings. The number of anilines is 1. The SMILES string of the molecule is COc1cc(Oc2ccccc2)ccc1NC(=O)c1nccc(OC)c1O. The molecule has 3 rings (SSSR count). The van der Waals surface area contributed by atoms with E-state index >= 15 is 0 Å². The number of ether oxygens (including phenoxy) is 3. The molecule has 1 heterocycles. The van der Waals surface area contributed by atoms with Gasteiger partial charge in [-0.2, -0.15) is 0 Å². The van der Waals surface area contributed by atoms with Crippen LogP contribution in [-0.4, -0.2) is 30.2 Å². The molecule has 0 fully saturated rings. The Morgan fingerprint density at radius 2 is 1.70 bits per heavy atom. The van der Waals surface area contributed by atoms with Gasteiger partial charge in [-0.3, -0.25) is 4.79 Å². The van der Waals surface area contributed by atoms with Crippen molar-refractivity contribution < 1.29 is 24.1 Å². The van der Waals surface area contributed by atoms with Gasteiger partial charge in [0.05, 0.1) is 19.9 Å². The Morgan fingerprint density at radius 3 is 2.41 bits per heavy atom. The zero-order valence-corrected chi connectivity index (χ0v) is 14.8. The van der Waals surface area contributed by atoms with Crippen LogP contribution in [0.5, 0.6) is 28.7 Å². The smallest absolute Gasteiger partial charge is 0.278 e. The molecule has 0 radical (unpaired) electrons. The zero-order valence-electron chi connectivity index (χ0n) is 14.8. The third-order valence-electron chi connectivity index (χ3n) is 3.72. The lowest BCUT2D eigenvalue weighted by molar-refractivity contribution is 0.101. The standard InChI is InChI=1S/C20H18N2O5/c1-25-16-10-11-21-18(19(16)23)20(24)22-15-9-8-14(12-17(15)26-2)27-13-6-4-3-5-7-13/h3-12,23H,1-2H3,(H,22,24). The number of rotatable bonds is 6. The molecule has 0 aliphatic carbocycles. The van der Waals surface area contributed by atoms with Crippen LogP contribution in [0.15, 0.2) is 60.8 Å². The van der Waals surface area contributed by atoms with Crippen LogP contribution in [-0.2, 0) is 0 Å².